The number of piperidine rings is 1. The van der Waals surface area contributed by atoms with Gasteiger partial charge in [0, 0.05) is 31.4 Å². The van der Waals surface area contributed by atoms with Crippen molar-refractivity contribution in [2.75, 3.05) is 29.0 Å². The molecule has 3 heterocycles. The van der Waals surface area contributed by atoms with Gasteiger partial charge in [-0.05, 0) is 44.9 Å². The second-order valence-electron chi connectivity index (χ2n) is 8.85. The van der Waals surface area contributed by atoms with Crippen molar-refractivity contribution in [2.45, 2.75) is 38.8 Å². The number of nitrogens with zero attached hydrogens (tertiary/aromatic N) is 3. The molecule has 1 aliphatic rings. The van der Waals surface area contributed by atoms with Gasteiger partial charge in [0.2, 0.25) is 0 Å². The summed E-state index contributed by atoms with van der Waals surface area (Å²) in [6.45, 7) is 4.67. The average Bonchev–Trinajstić information content (AvgIpc) is 2.82. The molecule has 8 nitrogen and oxygen atoms in total. The molecule has 1 atom stereocenters. The molecule has 1 aliphatic heterocycles. The second-order valence-corrected chi connectivity index (χ2v) is 8.85. The molecule has 1 fully saturated rings. The first kappa shape index (κ1) is 25.2. The van der Waals surface area contributed by atoms with Crippen LogP contribution in [0.1, 0.15) is 37.2 Å². The number of carbonyl (C=O) groups is 1. The summed E-state index contributed by atoms with van der Waals surface area (Å²) < 4.78 is 49.9. The van der Waals surface area contributed by atoms with E-state index in [0.29, 0.717) is 17.9 Å². The van der Waals surface area contributed by atoms with Gasteiger partial charge in [0.25, 0.3) is 5.91 Å². The van der Waals surface area contributed by atoms with Crippen molar-refractivity contribution in [1.82, 2.24) is 9.97 Å². The van der Waals surface area contributed by atoms with Gasteiger partial charge in [0.05, 0.1) is 34.9 Å². The maximum atomic E-state index is 15.1. The third-order valence-corrected chi connectivity index (χ3v) is 5.72. The van der Waals surface area contributed by atoms with Crippen LogP contribution in [0.2, 0.25) is 0 Å². The van der Waals surface area contributed by atoms with E-state index >= 15 is 4.39 Å². The maximum absolute atomic E-state index is 15.1. The van der Waals surface area contributed by atoms with Crippen molar-refractivity contribution in [1.29, 1.82) is 0 Å². The zero-order valence-electron chi connectivity index (χ0n) is 19.9. The lowest BCUT2D eigenvalue weighted by Gasteiger charge is -2.33. The number of benzene rings is 1. The van der Waals surface area contributed by atoms with E-state index in [2.05, 4.69) is 15.3 Å². The molecule has 4 rings (SSSR count). The van der Waals surface area contributed by atoms with E-state index in [1.807, 2.05) is 4.90 Å². The van der Waals surface area contributed by atoms with Crippen LogP contribution in [0.15, 0.2) is 36.7 Å². The fraction of sp³-hybridized carbons (Fsp3) is 0.320. The smallest absolute Gasteiger partial charge is 0.276 e. The van der Waals surface area contributed by atoms with Crippen LogP contribution in [0.3, 0.4) is 0 Å². The van der Waals surface area contributed by atoms with Crippen molar-refractivity contribution in [3.05, 3.63) is 59.8 Å². The molecule has 0 unspecified atom stereocenters. The summed E-state index contributed by atoms with van der Waals surface area (Å²) >= 11 is 0. The number of hydrogen-bond acceptors (Lipinski definition) is 7. The van der Waals surface area contributed by atoms with Gasteiger partial charge in [-0.1, -0.05) is 0 Å². The maximum Gasteiger partial charge on any atom is 0.276 e. The molecule has 0 bridgehead atoms. The van der Waals surface area contributed by atoms with Crippen LogP contribution < -0.4 is 26.4 Å². The van der Waals surface area contributed by atoms with Crippen molar-refractivity contribution < 1.29 is 22.7 Å². The Balaban J connectivity index is 1.70. The third kappa shape index (κ3) is 5.20. The van der Waals surface area contributed by atoms with Crippen molar-refractivity contribution in [2.24, 2.45) is 5.73 Å². The lowest BCUT2D eigenvalue weighted by molar-refractivity contribution is 0.102. The molecule has 0 aliphatic carbocycles. The molecular weight excluding hydrogens is 473 g/mol. The van der Waals surface area contributed by atoms with Crippen LogP contribution in [0.5, 0.6) is 5.75 Å². The van der Waals surface area contributed by atoms with Crippen molar-refractivity contribution in [3.63, 3.8) is 0 Å². The molecule has 1 aromatic carbocycles. The normalized spacial score (nSPS) is 15.8. The molecular formula is C25H27F3N6O2. The van der Waals surface area contributed by atoms with Crippen LogP contribution in [0.4, 0.5) is 30.2 Å². The number of carbonyl (C=O) groups excluding carboxylic acids is 1. The Bertz CT molecular complexity index is 1290. The lowest BCUT2D eigenvalue weighted by Crippen LogP contribution is -2.43. The number of halogens is 3. The molecule has 3 aromatic rings. The van der Waals surface area contributed by atoms with Crippen LogP contribution >= 0.6 is 0 Å². The average molecular weight is 501 g/mol. The van der Waals surface area contributed by atoms with Crippen LogP contribution in [-0.4, -0.2) is 41.1 Å². The van der Waals surface area contributed by atoms with E-state index in [1.165, 1.54) is 6.20 Å². The number of pyridine rings is 2. The third-order valence-electron chi connectivity index (χ3n) is 5.72. The highest BCUT2D eigenvalue weighted by Crippen LogP contribution is 2.34. The largest absolute Gasteiger partial charge is 0.488 e. The fourth-order valence-electron chi connectivity index (χ4n) is 4.13. The lowest BCUT2D eigenvalue weighted by atomic mass is 10.1. The number of hydrogen-bond donors (Lipinski definition) is 3. The highest BCUT2D eigenvalue weighted by Gasteiger charge is 2.26. The number of ether oxygens (including phenoxy) is 1. The van der Waals surface area contributed by atoms with Crippen LogP contribution in [0.25, 0.3) is 11.3 Å². The molecule has 1 saturated heterocycles. The minimum atomic E-state index is -1.14. The van der Waals surface area contributed by atoms with Gasteiger partial charge in [0.15, 0.2) is 23.1 Å². The zero-order valence-corrected chi connectivity index (χ0v) is 19.9. The molecule has 5 N–H and O–H groups in total. The Morgan fingerprint density at radius 3 is 2.72 bits per heavy atom. The Morgan fingerprint density at radius 2 is 2.00 bits per heavy atom. The molecule has 0 saturated carbocycles. The highest BCUT2D eigenvalue weighted by molar-refractivity contribution is 6.08. The minimum Gasteiger partial charge on any atom is -0.488 e. The Hall–Kier alpha value is -3.86. The number of nitrogens with two attached hydrogens (primary N) is 2. The molecule has 1 amide bonds. The van der Waals surface area contributed by atoms with Gasteiger partial charge in [0.1, 0.15) is 11.5 Å². The fourth-order valence-corrected chi connectivity index (χ4v) is 4.13. The predicted octanol–water partition coefficient (Wildman–Crippen LogP) is 4.11. The first-order valence-electron chi connectivity index (χ1n) is 11.5. The molecule has 11 heteroatoms. The van der Waals surface area contributed by atoms with E-state index in [-0.39, 0.29) is 17.5 Å². The summed E-state index contributed by atoms with van der Waals surface area (Å²) in [6.07, 6.45) is 4.43. The van der Waals surface area contributed by atoms with Gasteiger partial charge < -0.3 is 26.4 Å². The summed E-state index contributed by atoms with van der Waals surface area (Å²) in [4.78, 5) is 23.2. The number of aromatic nitrogens is 2. The van der Waals surface area contributed by atoms with Gasteiger partial charge in [-0.2, -0.15) is 0 Å². The standard InChI is InChI=1S/C25H27F3N6O2/c1-13(2)36-20-6-5-15(26)21(22(20)28)23-16(27)10-17(30)24(33-23)25(35)32-18-11-31-8-7-19(18)34-9-3-4-14(29)12-34/h5-8,10-11,13-14H,3-4,9,12,29-30H2,1-2H3,(H,32,35)/t14-/m0/s1. The van der Waals surface area contributed by atoms with Crippen molar-refractivity contribution in [3.8, 4) is 17.0 Å². The highest BCUT2D eigenvalue weighted by atomic mass is 19.1. The zero-order chi connectivity index (χ0) is 26.0. The van der Waals surface area contributed by atoms with E-state index in [0.717, 1.165) is 37.6 Å². The second kappa shape index (κ2) is 10.4. The number of nitrogen functional groups attached to an aromatic ring is 1. The Labute approximate surface area is 206 Å². The number of amides is 1. The topological polar surface area (TPSA) is 119 Å². The van der Waals surface area contributed by atoms with Crippen LogP contribution in [0, 0.1) is 17.5 Å². The van der Waals surface area contributed by atoms with Gasteiger partial charge in [-0.25, -0.2) is 18.2 Å². The molecule has 0 radical (unpaired) electrons. The Morgan fingerprint density at radius 1 is 1.22 bits per heavy atom. The quantitative estimate of drug-likeness (QED) is 0.466. The van der Waals surface area contributed by atoms with Gasteiger partial charge in [-0.3, -0.25) is 9.78 Å². The summed E-state index contributed by atoms with van der Waals surface area (Å²) in [7, 11) is 0. The van der Waals surface area contributed by atoms with E-state index in [9.17, 15) is 13.6 Å². The first-order chi connectivity index (χ1) is 17.2. The number of nitrogens with one attached hydrogen (secondary N) is 1. The summed E-state index contributed by atoms with van der Waals surface area (Å²) in [5.41, 5.74) is 10.9. The first-order valence-corrected chi connectivity index (χ1v) is 11.5. The monoisotopic (exact) mass is 500 g/mol. The summed E-state index contributed by atoms with van der Waals surface area (Å²) in [6, 6.07) is 4.59. The van der Waals surface area contributed by atoms with E-state index in [4.69, 9.17) is 16.2 Å². The molecule has 0 spiro atoms. The van der Waals surface area contributed by atoms with Crippen molar-refractivity contribution >= 4 is 23.0 Å². The van der Waals surface area contributed by atoms with Gasteiger partial charge in [-0.15, -0.1) is 0 Å². The van der Waals surface area contributed by atoms with Gasteiger partial charge >= 0.3 is 0 Å². The number of anilines is 3. The molecule has 190 valence electrons. The molecule has 36 heavy (non-hydrogen) atoms. The number of rotatable bonds is 6. The van der Waals surface area contributed by atoms with Crippen LogP contribution in [-0.2, 0) is 0 Å². The van der Waals surface area contributed by atoms with E-state index < -0.39 is 46.4 Å². The molecule has 2 aromatic heterocycles. The van der Waals surface area contributed by atoms with E-state index in [1.54, 1.807) is 26.1 Å². The minimum absolute atomic E-state index is 0.00679. The predicted molar refractivity (Wildman–Crippen MR) is 131 cm³/mol. The summed E-state index contributed by atoms with van der Waals surface area (Å²) in [5, 5.41) is 2.68. The SMILES string of the molecule is CC(C)Oc1ccc(F)c(-c2nc(C(=O)Nc3cnccc3N3CCC[C@H](N)C3)c(N)cc2F)c1F. The summed E-state index contributed by atoms with van der Waals surface area (Å²) in [5.74, 6) is -4.36. The Kier molecular flexibility index (Phi) is 7.30.